The molecule has 0 spiro atoms. The lowest BCUT2D eigenvalue weighted by atomic mass is 9.87. The average molecular weight is 511 g/mol. The number of hydrogen-bond acceptors (Lipinski definition) is 6. The van der Waals surface area contributed by atoms with Crippen molar-refractivity contribution in [3.8, 4) is 11.8 Å². The quantitative estimate of drug-likeness (QED) is 0.553. The van der Waals surface area contributed by atoms with E-state index in [1.807, 2.05) is 4.90 Å². The molecule has 2 heterocycles. The third kappa shape index (κ3) is 5.55. The first-order valence-electron chi connectivity index (χ1n) is 11.2. The second-order valence-corrected chi connectivity index (χ2v) is 10.3. The topological polar surface area (TPSA) is 99.8 Å². The van der Waals surface area contributed by atoms with Crippen LogP contribution in [0.1, 0.15) is 38.7 Å². The molecule has 1 saturated heterocycles. The van der Waals surface area contributed by atoms with E-state index < -0.39 is 34.3 Å². The molecule has 3 rings (SSSR count). The molecule has 1 aliphatic rings. The Kier molecular flexibility index (Phi) is 7.99. The van der Waals surface area contributed by atoms with Gasteiger partial charge in [0.2, 0.25) is 10.0 Å². The highest BCUT2D eigenvalue weighted by Gasteiger charge is 2.54. The van der Waals surface area contributed by atoms with E-state index in [2.05, 4.69) is 16.8 Å². The van der Waals surface area contributed by atoms with Crippen molar-refractivity contribution < 1.29 is 26.7 Å². The van der Waals surface area contributed by atoms with Gasteiger partial charge in [-0.15, -0.1) is 5.92 Å². The monoisotopic (exact) mass is 510 g/mol. The molecular weight excluding hydrogens is 481 g/mol. The minimum atomic E-state index is -4.81. The molecular formula is C24H29F3N4O3S. The van der Waals surface area contributed by atoms with Gasteiger partial charge in [0.05, 0.1) is 0 Å². The second-order valence-electron chi connectivity index (χ2n) is 8.39. The third-order valence-corrected chi connectivity index (χ3v) is 7.94. The lowest BCUT2D eigenvalue weighted by molar-refractivity contribution is -0.269. The largest absolute Gasteiger partial charge is 0.421 e. The van der Waals surface area contributed by atoms with Crippen molar-refractivity contribution in [1.82, 2.24) is 9.29 Å². The number of halogens is 3. The van der Waals surface area contributed by atoms with Crippen LogP contribution < -0.4 is 10.6 Å². The molecule has 35 heavy (non-hydrogen) atoms. The van der Waals surface area contributed by atoms with Gasteiger partial charge in [-0.3, -0.25) is 0 Å². The van der Waals surface area contributed by atoms with Crippen LogP contribution in [0, 0.1) is 11.8 Å². The summed E-state index contributed by atoms with van der Waals surface area (Å²) in [6, 6.07) is 7.86. The van der Waals surface area contributed by atoms with Gasteiger partial charge in [-0.2, -0.15) is 17.5 Å². The van der Waals surface area contributed by atoms with Crippen LogP contribution in [0.5, 0.6) is 0 Å². The summed E-state index contributed by atoms with van der Waals surface area (Å²) in [5, 5.41) is 10.5. The number of unbranched alkanes of at least 4 members (excludes halogenated alkanes) is 1. The molecule has 1 aromatic heterocycles. The fourth-order valence-corrected chi connectivity index (χ4v) is 5.46. The number of alkyl halides is 3. The maximum Gasteiger partial charge on any atom is 0.421 e. The summed E-state index contributed by atoms with van der Waals surface area (Å²) in [5.41, 5.74) is 2.99. The Morgan fingerprint density at radius 1 is 1.17 bits per heavy atom. The van der Waals surface area contributed by atoms with E-state index in [4.69, 9.17) is 5.73 Å². The minimum absolute atomic E-state index is 0.0197. The van der Waals surface area contributed by atoms with Gasteiger partial charge in [0.15, 0.2) is 5.60 Å². The number of benzene rings is 1. The molecule has 11 heteroatoms. The van der Waals surface area contributed by atoms with Gasteiger partial charge < -0.3 is 15.7 Å². The van der Waals surface area contributed by atoms with Gasteiger partial charge in [-0.25, -0.2) is 13.4 Å². The highest BCUT2D eigenvalue weighted by Crippen LogP contribution is 2.43. The van der Waals surface area contributed by atoms with Crippen molar-refractivity contribution in [3.63, 3.8) is 0 Å². The average Bonchev–Trinajstić information content (AvgIpc) is 2.82. The smallest absolute Gasteiger partial charge is 0.384 e. The molecule has 0 unspecified atom stereocenters. The van der Waals surface area contributed by atoms with Crippen molar-refractivity contribution >= 4 is 21.5 Å². The van der Waals surface area contributed by atoms with Crippen molar-refractivity contribution in [1.29, 1.82) is 0 Å². The number of piperazine rings is 1. The van der Waals surface area contributed by atoms with E-state index in [9.17, 15) is 26.7 Å². The molecule has 0 saturated carbocycles. The summed E-state index contributed by atoms with van der Waals surface area (Å²) in [7, 11) is -3.82. The Bertz CT molecular complexity index is 1180. The second kappa shape index (κ2) is 10.4. The first-order chi connectivity index (χ1) is 16.4. The Morgan fingerprint density at radius 3 is 2.40 bits per heavy atom. The molecule has 2 aromatic rings. The molecule has 7 nitrogen and oxygen atoms in total. The molecule has 0 amide bonds. The lowest BCUT2D eigenvalue weighted by Crippen LogP contribution is -2.54. The van der Waals surface area contributed by atoms with Crippen LogP contribution in [0.25, 0.3) is 0 Å². The van der Waals surface area contributed by atoms with E-state index in [0.29, 0.717) is 12.1 Å². The number of hydrogen-bond donors (Lipinski definition) is 2. The molecule has 1 aromatic carbocycles. The molecule has 2 atom stereocenters. The van der Waals surface area contributed by atoms with Crippen molar-refractivity contribution in [3.05, 3.63) is 48.2 Å². The number of aliphatic hydroxyl groups is 1. The summed E-state index contributed by atoms with van der Waals surface area (Å²) >= 11 is 0. The van der Waals surface area contributed by atoms with Gasteiger partial charge in [-0.05, 0) is 43.2 Å². The highest BCUT2D eigenvalue weighted by atomic mass is 32.2. The fourth-order valence-electron chi connectivity index (χ4n) is 4.08. The van der Waals surface area contributed by atoms with Crippen LogP contribution in [-0.2, 0) is 15.6 Å². The predicted octanol–water partition coefficient (Wildman–Crippen LogP) is 3.51. The van der Waals surface area contributed by atoms with Crippen LogP contribution in [0.4, 0.5) is 24.7 Å². The number of sulfonamides is 1. The van der Waals surface area contributed by atoms with Crippen molar-refractivity contribution in [2.45, 2.75) is 55.8 Å². The fraction of sp³-hybridized carbons (Fsp3) is 0.458. The molecule has 1 fully saturated rings. The molecule has 3 N–H and O–H groups in total. The number of rotatable bonds is 7. The van der Waals surface area contributed by atoms with E-state index in [-0.39, 0.29) is 42.3 Å². The van der Waals surface area contributed by atoms with Crippen LogP contribution in [0.2, 0.25) is 0 Å². The lowest BCUT2D eigenvalue weighted by Gasteiger charge is -2.40. The minimum Gasteiger partial charge on any atom is -0.384 e. The van der Waals surface area contributed by atoms with Gasteiger partial charge in [-0.1, -0.05) is 37.8 Å². The number of pyridine rings is 1. The first-order valence-corrected chi connectivity index (χ1v) is 12.7. The maximum absolute atomic E-state index is 13.7. The summed E-state index contributed by atoms with van der Waals surface area (Å²) in [6.07, 6.45) is -3.28. The zero-order valence-electron chi connectivity index (χ0n) is 19.6. The molecule has 190 valence electrons. The Morgan fingerprint density at radius 2 is 1.86 bits per heavy atom. The summed E-state index contributed by atoms with van der Waals surface area (Å²) in [4.78, 5) is 5.73. The van der Waals surface area contributed by atoms with Crippen LogP contribution in [-0.4, -0.2) is 54.7 Å². The zero-order valence-corrected chi connectivity index (χ0v) is 20.4. The number of aromatic nitrogens is 1. The number of nitrogen functional groups attached to an aromatic ring is 1. The normalized spacial score (nSPS) is 19.0. The molecule has 0 aliphatic carbocycles. The number of anilines is 2. The highest BCUT2D eigenvalue weighted by molar-refractivity contribution is 7.89. The molecule has 0 bridgehead atoms. The Hall–Kier alpha value is -2.81. The molecule has 1 aliphatic heterocycles. The molecule has 0 radical (unpaired) electrons. The van der Waals surface area contributed by atoms with Crippen LogP contribution in [0.3, 0.4) is 0 Å². The zero-order chi connectivity index (χ0) is 25.9. The van der Waals surface area contributed by atoms with Gasteiger partial charge in [0.1, 0.15) is 16.8 Å². The van der Waals surface area contributed by atoms with Gasteiger partial charge in [0, 0.05) is 31.5 Å². The Balaban J connectivity index is 1.85. The standard InChI is InChI=1S/C24H29F3N4O3S/c1-3-5-13-23(32,24(25,26)27)18-7-9-19(10-8-18)31-15-14-30(17-20(31)6-4-2)35(33,34)21-11-12-22(28)29-16-21/h7-12,16,20,32H,3,5,13-15,17H2,1-2H3,(H2,28,29)/t20-,23+/m0/s1. The van der Waals surface area contributed by atoms with Gasteiger partial charge >= 0.3 is 6.18 Å². The van der Waals surface area contributed by atoms with Crippen molar-refractivity contribution in [2.75, 3.05) is 30.3 Å². The van der Waals surface area contributed by atoms with E-state index in [0.717, 1.165) is 0 Å². The van der Waals surface area contributed by atoms with Crippen molar-refractivity contribution in [2.24, 2.45) is 0 Å². The maximum atomic E-state index is 13.7. The summed E-state index contributed by atoms with van der Waals surface area (Å²) < 4.78 is 68.5. The van der Waals surface area contributed by atoms with E-state index >= 15 is 0 Å². The summed E-state index contributed by atoms with van der Waals surface area (Å²) in [6.45, 7) is 3.89. The number of nitrogens with two attached hydrogens (primary N) is 1. The SMILES string of the molecule is CC#C[C@H]1CN(S(=O)(=O)c2ccc(N)nc2)CCN1c1ccc([C@](O)(CCCC)C(F)(F)F)cc1. The predicted molar refractivity (Wildman–Crippen MR) is 128 cm³/mol. The number of nitrogens with zero attached hydrogens (tertiary/aromatic N) is 3. The van der Waals surface area contributed by atoms with E-state index in [1.165, 1.54) is 46.9 Å². The third-order valence-electron chi connectivity index (χ3n) is 6.09. The Labute approximate surface area is 203 Å². The van der Waals surface area contributed by atoms with Gasteiger partial charge in [0.25, 0.3) is 0 Å². The summed E-state index contributed by atoms with van der Waals surface area (Å²) in [5.74, 6) is 6.01. The first kappa shape index (κ1) is 26.8. The van der Waals surface area contributed by atoms with Crippen LogP contribution >= 0.6 is 0 Å². The van der Waals surface area contributed by atoms with Crippen LogP contribution in [0.15, 0.2) is 47.5 Å². The van der Waals surface area contributed by atoms with E-state index in [1.54, 1.807) is 13.8 Å².